The van der Waals surface area contributed by atoms with Crippen molar-refractivity contribution in [3.63, 3.8) is 0 Å². The number of ether oxygens (including phenoxy) is 1. The fraction of sp³-hybridized carbons (Fsp3) is 0.462. The van der Waals surface area contributed by atoms with Crippen LogP contribution in [0.15, 0.2) is 18.3 Å². The molecular weight excluding hydrogens is 268 g/mol. The molecule has 0 aliphatic carbocycles. The van der Waals surface area contributed by atoms with Gasteiger partial charge in [-0.1, -0.05) is 25.4 Å². The largest absolute Gasteiger partial charge is 0.449 e. The van der Waals surface area contributed by atoms with Gasteiger partial charge in [0.2, 0.25) is 0 Å². The van der Waals surface area contributed by atoms with Gasteiger partial charge in [-0.2, -0.15) is 0 Å². The molecule has 0 aliphatic heterocycles. The molecule has 0 spiro atoms. The number of carbonyl (C=O) groups is 2. The van der Waals surface area contributed by atoms with E-state index in [1.54, 1.807) is 6.07 Å². The fourth-order valence-electron chi connectivity index (χ4n) is 1.26. The topological polar surface area (TPSA) is 68.3 Å². The van der Waals surface area contributed by atoms with Crippen LogP contribution in [0.5, 0.6) is 0 Å². The molecule has 1 amide bonds. The molecule has 1 unspecified atom stereocenters. The van der Waals surface area contributed by atoms with Crippen LogP contribution in [0.25, 0.3) is 0 Å². The summed E-state index contributed by atoms with van der Waals surface area (Å²) < 4.78 is 5.04. The quantitative estimate of drug-likeness (QED) is 0.664. The molecule has 0 saturated carbocycles. The summed E-state index contributed by atoms with van der Waals surface area (Å²) in [5.41, 5.74) is 0.146. The Hall–Kier alpha value is -1.62. The first kappa shape index (κ1) is 15.4. The molecule has 0 saturated heterocycles. The molecule has 1 N–H and O–H groups in total. The van der Waals surface area contributed by atoms with Gasteiger partial charge in [-0.3, -0.25) is 4.79 Å². The van der Waals surface area contributed by atoms with Gasteiger partial charge in [0.1, 0.15) is 5.15 Å². The van der Waals surface area contributed by atoms with Crippen molar-refractivity contribution in [2.24, 2.45) is 5.92 Å². The molecule has 0 bridgehead atoms. The van der Waals surface area contributed by atoms with E-state index >= 15 is 0 Å². The summed E-state index contributed by atoms with van der Waals surface area (Å²) in [5.74, 6) is -0.660. The van der Waals surface area contributed by atoms with Crippen LogP contribution in [0.1, 0.15) is 31.1 Å². The summed E-state index contributed by atoms with van der Waals surface area (Å²) in [6.07, 6.45) is 0.597. The third-order valence-electron chi connectivity index (χ3n) is 2.32. The van der Waals surface area contributed by atoms with E-state index in [0.717, 1.165) is 0 Å². The van der Waals surface area contributed by atoms with E-state index in [2.05, 4.69) is 10.3 Å². The van der Waals surface area contributed by atoms with Crippen molar-refractivity contribution in [1.82, 2.24) is 10.3 Å². The lowest BCUT2D eigenvalue weighted by Gasteiger charge is -2.14. The predicted molar refractivity (Wildman–Crippen MR) is 72.0 cm³/mol. The summed E-state index contributed by atoms with van der Waals surface area (Å²) in [4.78, 5) is 27.2. The smallest absolute Gasteiger partial charge is 0.342 e. The molecule has 19 heavy (non-hydrogen) atoms. The number of carbonyl (C=O) groups excluding carboxylic acids is 2. The van der Waals surface area contributed by atoms with Gasteiger partial charge in [0.15, 0.2) is 6.10 Å². The maximum absolute atomic E-state index is 11.8. The number of amides is 1. The zero-order valence-corrected chi connectivity index (χ0v) is 11.9. The zero-order valence-electron chi connectivity index (χ0n) is 11.1. The molecule has 0 radical (unpaired) electrons. The van der Waals surface area contributed by atoms with Crippen LogP contribution in [-0.4, -0.2) is 29.5 Å². The summed E-state index contributed by atoms with van der Waals surface area (Å²) in [7, 11) is 0. The van der Waals surface area contributed by atoms with Crippen molar-refractivity contribution in [1.29, 1.82) is 0 Å². The van der Waals surface area contributed by atoms with Gasteiger partial charge in [0.25, 0.3) is 5.91 Å². The molecule has 6 heteroatoms. The summed E-state index contributed by atoms with van der Waals surface area (Å²) in [6.45, 7) is 6.00. The minimum atomic E-state index is -0.873. The number of hydrogen-bond acceptors (Lipinski definition) is 4. The molecule has 1 aromatic heterocycles. The average Bonchev–Trinajstić information content (AvgIpc) is 2.36. The Labute approximate surface area is 117 Å². The van der Waals surface area contributed by atoms with E-state index in [0.29, 0.717) is 12.5 Å². The number of nitrogens with one attached hydrogen (secondary N) is 1. The van der Waals surface area contributed by atoms with Gasteiger partial charge in [-0.25, -0.2) is 9.78 Å². The predicted octanol–water partition coefficient (Wildman–Crippen LogP) is 2.05. The maximum Gasteiger partial charge on any atom is 0.342 e. The third-order valence-corrected chi connectivity index (χ3v) is 2.62. The Bertz CT molecular complexity index is 463. The second-order valence-corrected chi connectivity index (χ2v) is 4.89. The fourth-order valence-corrected chi connectivity index (χ4v) is 1.46. The van der Waals surface area contributed by atoms with E-state index in [4.69, 9.17) is 16.3 Å². The Balaban J connectivity index is 2.57. The molecule has 0 fully saturated rings. The number of rotatable bonds is 5. The molecule has 0 aromatic carbocycles. The lowest BCUT2D eigenvalue weighted by atomic mass is 10.2. The van der Waals surface area contributed by atoms with Gasteiger partial charge < -0.3 is 10.1 Å². The minimum absolute atomic E-state index is 0.0577. The van der Waals surface area contributed by atoms with E-state index in [9.17, 15) is 9.59 Å². The minimum Gasteiger partial charge on any atom is -0.449 e. The highest BCUT2D eigenvalue weighted by Gasteiger charge is 2.20. The number of esters is 1. The van der Waals surface area contributed by atoms with Crippen LogP contribution < -0.4 is 5.32 Å². The van der Waals surface area contributed by atoms with Crippen molar-refractivity contribution >= 4 is 23.5 Å². The van der Waals surface area contributed by atoms with E-state index in [1.165, 1.54) is 19.2 Å². The van der Waals surface area contributed by atoms with Crippen LogP contribution in [0, 0.1) is 5.92 Å². The number of nitrogens with zero attached hydrogens (tertiary/aromatic N) is 1. The van der Waals surface area contributed by atoms with Crippen LogP contribution in [0.3, 0.4) is 0 Å². The van der Waals surface area contributed by atoms with Crippen molar-refractivity contribution in [2.45, 2.75) is 26.9 Å². The van der Waals surface area contributed by atoms with Gasteiger partial charge in [-0.05, 0) is 25.0 Å². The summed E-state index contributed by atoms with van der Waals surface area (Å²) in [6, 6.07) is 3.07. The molecule has 0 aliphatic rings. The van der Waals surface area contributed by atoms with Crippen LogP contribution >= 0.6 is 11.6 Å². The number of aromatic nitrogens is 1. The average molecular weight is 285 g/mol. The van der Waals surface area contributed by atoms with Crippen molar-refractivity contribution in [2.75, 3.05) is 6.54 Å². The summed E-state index contributed by atoms with van der Waals surface area (Å²) >= 11 is 5.77. The highest BCUT2D eigenvalue weighted by molar-refractivity contribution is 6.32. The Morgan fingerprint density at radius 2 is 2.11 bits per heavy atom. The van der Waals surface area contributed by atoms with E-state index in [-0.39, 0.29) is 16.6 Å². The second-order valence-electron chi connectivity index (χ2n) is 4.53. The maximum atomic E-state index is 11.8. The first-order valence-electron chi connectivity index (χ1n) is 6.01. The summed E-state index contributed by atoms with van der Waals surface area (Å²) in [5, 5.41) is 2.75. The standard InChI is InChI=1S/C13H17ClN2O3/c1-8(2)7-16-12(17)9(3)19-13(18)10-5-4-6-15-11(10)14/h4-6,8-9H,7H2,1-3H3,(H,16,17). The highest BCUT2D eigenvalue weighted by atomic mass is 35.5. The van der Waals surface area contributed by atoms with Crippen LogP contribution in [-0.2, 0) is 9.53 Å². The second kappa shape index (κ2) is 7.09. The van der Waals surface area contributed by atoms with E-state index in [1.807, 2.05) is 13.8 Å². The lowest BCUT2D eigenvalue weighted by Crippen LogP contribution is -2.37. The first-order valence-corrected chi connectivity index (χ1v) is 6.38. The van der Waals surface area contributed by atoms with Crippen molar-refractivity contribution in [3.8, 4) is 0 Å². The van der Waals surface area contributed by atoms with Crippen molar-refractivity contribution in [3.05, 3.63) is 29.0 Å². The Kier molecular flexibility index (Phi) is 5.76. The van der Waals surface area contributed by atoms with Crippen LogP contribution in [0.4, 0.5) is 0 Å². The first-order chi connectivity index (χ1) is 8.91. The van der Waals surface area contributed by atoms with Crippen molar-refractivity contribution < 1.29 is 14.3 Å². The third kappa shape index (κ3) is 4.87. The highest BCUT2D eigenvalue weighted by Crippen LogP contribution is 2.13. The SMILES string of the molecule is CC(C)CNC(=O)C(C)OC(=O)c1cccnc1Cl. The number of pyridine rings is 1. The Morgan fingerprint density at radius 3 is 2.68 bits per heavy atom. The lowest BCUT2D eigenvalue weighted by molar-refractivity contribution is -0.129. The molecule has 1 rings (SSSR count). The molecule has 104 valence electrons. The monoisotopic (exact) mass is 284 g/mol. The van der Waals surface area contributed by atoms with Gasteiger partial charge in [-0.15, -0.1) is 0 Å². The molecule has 5 nitrogen and oxygen atoms in total. The Morgan fingerprint density at radius 1 is 1.42 bits per heavy atom. The van der Waals surface area contributed by atoms with Crippen LogP contribution in [0.2, 0.25) is 5.15 Å². The molecule has 1 heterocycles. The number of hydrogen-bond donors (Lipinski definition) is 1. The number of halogens is 1. The van der Waals surface area contributed by atoms with E-state index < -0.39 is 12.1 Å². The van der Waals surface area contributed by atoms with Gasteiger partial charge >= 0.3 is 5.97 Å². The molecular formula is C13H17ClN2O3. The van der Waals surface area contributed by atoms with Gasteiger partial charge in [0.05, 0.1) is 5.56 Å². The molecule has 1 aromatic rings. The zero-order chi connectivity index (χ0) is 14.4. The van der Waals surface area contributed by atoms with Gasteiger partial charge in [0, 0.05) is 12.7 Å². The molecule has 1 atom stereocenters. The normalized spacial score (nSPS) is 12.1.